The molecule has 2 heterocycles. The van der Waals surface area contributed by atoms with Crippen LogP contribution in [0.5, 0.6) is 0 Å². The van der Waals surface area contributed by atoms with Crippen LogP contribution in [-0.2, 0) is 10.2 Å². The molecular weight excluding hydrogens is 314 g/mol. The average Bonchev–Trinajstić information content (AvgIpc) is 3.24. The third kappa shape index (κ3) is 2.39. The molecule has 2 amide bonds. The number of pyridine rings is 1. The number of hydrogen-bond acceptors (Lipinski definition) is 5. The largest absolute Gasteiger partial charge is 0.364 e. The second-order valence-electron chi connectivity index (χ2n) is 5.53. The molecule has 0 spiro atoms. The molecular formula is C15H15N5O2S. The van der Waals surface area contributed by atoms with Crippen molar-refractivity contribution in [2.75, 3.05) is 0 Å². The van der Waals surface area contributed by atoms with Crippen LogP contribution in [0.25, 0.3) is 4.91 Å². The maximum atomic E-state index is 11.9. The molecule has 1 unspecified atom stereocenters. The van der Waals surface area contributed by atoms with Gasteiger partial charge in [0, 0.05) is 11.1 Å². The van der Waals surface area contributed by atoms with Crippen LogP contribution < -0.4 is 11.5 Å². The van der Waals surface area contributed by atoms with Gasteiger partial charge in [-0.05, 0) is 37.5 Å². The second kappa shape index (κ2) is 5.21. The summed E-state index contributed by atoms with van der Waals surface area (Å²) in [5.41, 5.74) is 12.2. The Kier molecular flexibility index (Phi) is 3.45. The Labute approximate surface area is 135 Å². The number of nitrogens with zero attached hydrogens (tertiary/aromatic N) is 3. The zero-order valence-electron chi connectivity index (χ0n) is 12.4. The van der Waals surface area contributed by atoms with Gasteiger partial charge in [-0.25, -0.2) is 4.99 Å². The normalized spacial score (nSPS) is 23.1. The second-order valence-corrected chi connectivity index (χ2v) is 7.51. The first kappa shape index (κ1) is 15.2. The number of rotatable bonds is 3. The lowest BCUT2D eigenvalue weighted by Gasteiger charge is -2.18. The fourth-order valence-corrected chi connectivity index (χ4v) is 4.52. The summed E-state index contributed by atoms with van der Waals surface area (Å²) in [7, 11) is -1.73. The molecule has 1 aliphatic carbocycles. The highest BCUT2D eigenvalue weighted by Gasteiger charge is 2.46. The Hall–Kier alpha value is -2.66. The summed E-state index contributed by atoms with van der Waals surface area (Å²) in [5.74, 6) is -0.741. The number of nitriles is 1. The predicted molar refractivity (Wildman–Crippen MR) is 88.6 cm³/mol. The fourth-order valence-electron chi connectivity index (χ4n) is 2.64. The van der Waals surface area contributed by atoms with Gasteiger partial charge in [0.15, 0.2) is 5.04 Å². The fraction of sp³-hybridized carbons (Fsp3) is 0.267. The number of allylic oxidation sites excluding steroid dienone is 1. The van der Waals surface area contributed by atoms with Gasteiger partial charge in [0.05, 0.1) is 22.9 Å². The highest BCUT2D eigenvalue weighted by atomic mass is 32.2. The van der Waals surface area contributed by atoms with E-state index in [1.807, 2.05) is 0 Å². The van der Waals surface area contributed by atoms with Crippen LogP contribution >= 0.6 is 10.9 Å². The molecule has 0 radical (unpaired) electrons. The molecule has 1 aromatic heterocycles. The lowest BCUT2D eigenvalue weighted by atomic mass is 10.0. The van der Waals surface area contributed by atoms with Crippen LogP contribution in [0.1, 0.15) is 31.0 Å². The van der Waals surface area contributed by atoms with E-state index in [9.17, 15) is 14.9 Å². The van der Waals surface area contributed by atoms with Crippen LogP contribution in [0.4, 0.5) is 4.79 Å². The van der Waals surface area contributed by atoms with Crippen molar-refractivity contribution in [2.45, 2.75) is 25.2 Å². The van der Waals surface area contributed by atoms with Gasteiger partial charge in [-0.3, -0.25) is 14.6 Å². The minimum absolute atomic E-state index is 0.0137. The van der Waals surface area contributed by atoms with Gasteiger partial charge >= 0.3 is 0 Å². The molecule has 8 heteroatoms. The van der Waals surface area contributed by atoms with Gasteiger partial charge in [-0.1, -0.05) is 10.9 Å². The number of aromatic nitrogens is 1. The van der Waals surface area contributed by atoms with Gasteiger partial charge < -0.3 is 11.5 Å². The molecule has 23 heavy (non-hydrogen) atoms. The Morgan fingerprint density at radius 1 is 1.39 bits per heavy atom. The van der Waals surface area contributed by atoms with Crippen LogP contribution in [-0.4, -0.2) is 21.2 Å². The average molecular weight is 329 g/mol. The maximum Gasteiger partial charge on any atom is 0.272 e. The number of thiol groups is 1. The van der Waals surface area contributed by atoms with Gasteiger partial charge in [0.25, 0.3) is 11.1 Å². The molecule has 1 aliphatic heterocycles. The number of primary amides is 2. The van der Waals surface area contributed by atoms with Crippen LogP contribution in [0, 0.1) is 11.3 Å². The molecule has 0 bridgehead atoms. The van der Waals surface area contributed by atoms with Crippen molar-refractivity contribution in [3.05, 3.63) is 35.3 Å². The molecule has 1 atom stereocenters. The summed E-state index contributed by atoms with van der Waals surface area (Å²) in [4.78, 5) is 32.4. The quantitative estimate of drug-likeness (QED) is 0.720. The number of nitrogens with two attached hydrogens (primary N) is 2. The number of carbonyl (C=O) groups excluding carboxylic acids is 2. The summed E-state index contributed by atoms with van der Waals surface area (Å²) in [6.07, 6.45) is 3.14. The zero-order chi connectivity index (χ0) is 16.8. The topological polar surface area (TPSA) is 135 Å². The summed E-state index contributed by atoms with van der Waals surface area (Å²) >= 11 is 0. The highest BCUT2D eigenvalue weighted by Crippen LogP contribution is 2.52. The van der Waals surface area contributed by atoms with Crippen molar-refractivity contribution >= 4 is 32.0 Å². The van der Waals surface area contributed by atoms with Crippen molar-refractivity contribution < 1.29 is 9.59 Å². The summed E-state index contributed by atoms with van der Waals surface area (Å²) in [5, 5.41) is 8.71. The first-order chi connectivity index (χ1) is 10.9. The molecule has 1 aromatic rings. The van der Waals surface area contributed by atoms with E-state index in [0.717, 1.165) is 12.8 Å². The van der Waals surface area contributed by atoms with Gasteiger partial charge in [-0.2, -0.15) is 5.26 Å². The number of amides is 2. The van der Waals surface area contributed by atoms with Gasteiger partial charge in [0.1, 0.15) is 0 Å². The van der Waals surface area contributed by atoms with E-state index in [2.05, 4.69) is 16.0 Å². The summed E-state index contributed by atoms with van der Waals surface area (Å²) in [6.45, 7) is 1.71. The highest BCUT2D eigenvalue weighted by molar-refractivity contribution is 8.49. The van der Waals surface area contributed by atoms with E-state index >= 15 is 0 Å². The Bertz CT molecular complexity index is 833. The van der Waals surface area contributed by atoms with Crippen molar-refractivity contribution in [1.82, 2.24) is 4.98 Å². The monoisotopic (exact) mass is 329 g/mol. The van der Waals surface area contributed by atoms with E-state index in [0.29, 0.717) is 21.9 Å². The van der Waals surface area contributed by atoms with Crippen LogP contribution in [0.3, 0.4) is 0 Å². The Morgan fingerprint density at radius 3 is 2.61 bits per heavy atom. The first-order valence-electron chi connectivity index (χ1n) is 6.97. The van der Waals surface area contributed by atoms with Crippen molar-refractivity contribution in [3.8, 4) is 6.07 Å². The predicted octanol–water partition coefficient (Wildman–Crippen LogP) is 1.30. The standard InChI is InChI=1S/C15H15N5O2S/c1-8-11(23(14(18)22)13(20-8)12(17)21)9-2-5-19-10(6-9)15(7-16)3-4-15/h2,5-6,23H,3-4H2,1H3,(H2,17,21)(H2,18,22). The number of aliphatic imine (C=N–C) groups is 1. The maximum absolute atomic E-state index is 11.9. The Morgan fingerprint density at radius 2 is 2.09 bits per heavy atom. The van der Waals surface area contributed by atoms with Crippen LogP contribution in [0.15, 0.2) is 29.0 Å². The third-order valence-corrected chi connectivity index (χ3v) is 6.19. The van der Waals surface area contributed by atoms with Crippen molar-refractivity contribution in [1.29, 1.82) is 5.26 Å². The minimum Gasteiger partial charge on any atom is -0.364 e. The lowest BCUT2D eigenvalue weighted by molar-refractivity contribution is -0.111. The first-order valence-corrected chi connectivity index (χ1v) is 8.31. The van der Waals surface area contributed by atoms with E-state index in [1.165, 1.54) is 0 Å². The van der Waals surface area contributed by atoms with E-state index in [4.69, 9.17) is 11.5 Å². The minimum atomic E-state index is -1.73. The smallest absolute Gasteiger partial charge is 0.272 e. The van der Waals surface area contributed by atoms with Gasteiger partial charge in [0.2, 0.25) is 0 Å². The van der Waals surface area contributed by atoms with E-state index in [1.54, 1.807) is 25.3 Å². The van der Waals surface area contributed by atoms with Gasteiger partial charge in [-0.15, -0.1) is 0 Å². The van der Waals surface area contributed by atoms with E-state index in [-0.39, 0.29) is 5.04 Å². The molecule has 1 fully saturated rings. The summed E-state index contributed by atoms with van der Waals surface area (Å²) < 4.78 is 0. The molecule has 3 rings (SSSR count). The molecule has 0 saturated heterocycles. The number of carbonyl (C=O) groups is 2. The third-order valence-electron chi connectivity index (χ3n) is 3.98. The van der Waals surface area contributed by atoms with Crippen molar-refractivity contribution in [2.24, 2.45) is 16.5 Å². The van der Waals surface area contributed by atoms with Crippen LogP contribution in [0.2, 0.25) is 0 Å². The zero-order valence-corrected chi connectivity index (χ0v) is 13.3. The molecule has 0 aromatic carbocycles. The molecule has 1 saturated carbocycles. The lowest BCUT2D eigenvalue weighted by Crippen LogP contribution is -2.26. The molecule has 7 nitrogen and oxygen atoms in total. The summed E-state index contributed by atoms with van der Waals surface area (Å²) in [6, 6.07) is 5.81. The Balaban J connectivity index is 2.07. The van der Waals surface area contributed by atoms with E-state index < -0.39 is 27.5 Å². The number of hydrogen-bond donors (Lipinski definition) is 3. The van der Waals surface area contributed by atoms with Crippen molar-refractivity contribution in [3.63, 3.8) is 0 Å². The SMILES string of the molecule is CC1=C(c2ccnc(C3(C#N)CC3)c2)[SH](C(N)=O)C(C(N)=O)=N1. The molecule has 118 valence electrons. The molecule has 4 N–H and O–H groups in total. The molecule has 2 aliphatic rings.